The smallest absolute Gasteiger partial charge is 0.254 e. The first-order valence-electron chi connectivity index (χ1n) is 11.4. The molecule has 1 amide bonds. The first kappa shape index (κ1) is 24.5. The zero-order valence-corrected chi connectivity index (χ0v) is 20.4. The third-order valence-corrected chi connectivity index (χ3v) is 5.96. The number of amides is 1. The van der Waals surface area contributed by atoms with Crippen LogP contribution in [-0.4, -0.2) is 21.7 Å². The average molecular weight is 487 g/mol. The van der Waals surface area contributed by atoms with Crippen molar-refractivity contribution in [1.82, 2.24) is 10.3 Å². The second-order valence-corrected chi connectivity index (χ2v) is 8.94. The molecule has 0 aliphatic rings. The van der Waals surface area contributed by atoms with Gasteiger partial charge >= 0.3 is 0 Å². The minimum Gasteiger partial charge on any atom is -0.487 e. The molecule has 3 aromatic carbocycles. The van der Waals surface area contributed by atoms with E-state index in [0.717, 1.165) is 22.2 Å². The number of hydrogen-bond donors (Lipinski definition) is 2. The van der Waals surface area contributed by atoms with Crippen molar-refractivity contribution in [3.05, 3.63) is 107 Å². The van der Waals surface area contributed by atoms with Gasteiger partial charge in [0.25, 0.3) is 5.91 Å². The normalized spacial score (nSPS) is 13.3. The number of fused-ring (bicyclic) bond motifs is 1. The van der Waals surface area contributed by atoms with Gasteiger partial charge in [-0.25, -0.2) is 4.98 Å². The summed E-state index contributed by atoms with van der Waals surface area (Å²) in [5.41, 5.74) is 2.38. The van der Waals surface area contributed by atoms with Gasteiger partial charge in [-0.05, 0) is 66.9 Å². The Bertz CT molecular complexity index is 1350. The van der Waals surface area contributed by atoms with Gasteiger partial charge in [-0.1, -0.05) is 67.1 Å². The SMILES string of the molecule is CC[C@](C)(O)NC(=O)C(=Cc1ccc(Cl)cc1)c1ccc(OCc2ccc3ccccc3n2)cc1. The van der Waals surface area contributed by atoms with Crippen molar-refractivity contribution in [2.24, 2.45) is 0 Å². The second-order valence-electron chi connectivity index (χ2n) is 8.50. The molecule has 0 saturated carbocycles. The van der Waals surface area contributed by atoms with E-state index < -0.39 is 5.72 Å². The quantitative estimate of drug-likeness (QED) is 0.175. The van der Waals surface area contributed by atoms with E-state index in [4.69, 9.17) is 16.3 Å². The van der Waals surface area contributed by atoms with Crippen LogP contribution in [0.4, 0.5) is 0 Å². The zero-order valence-electron chi connectivity index (χ0n) is 19.7. The van der Waals surface area contributed by atoms with E-state index in [-0.39, 0.29) is 5.91 Å². The van der Waals surface area contributed by atoms with Crippen molar-refractivity contribution < 1.29 is 14.6 Å². The molecule has 1 atom stereocenters. The van der Waals surface area contributed by atoms with E-state index in [2.05, 4.69) is 10.3 Å². The predicted octanol–water partition coefficient (Wildman–Crippen LogP) is 6.24. The highest BCUT2D eigenvalue weighted by Gasteiger charge is 2.23. The highest BCUT2D eigenvalue weighted by molar-refractivity contribution is 6.30. The molecule has 0 spiro atoms. The monoisotopic (exact) mass is 486 g/mol. The molecule has 5 nitrogen and oxygen atoms in total. The highest BCUT2D eigenvalue weighted by Crippen LogP contribution is 2.24. The van der Waals surface area contributed by atoms with Gasteiger partial charge in [0.2, 0.25) is 0 Å². The number of carbonyl (C=O) groups excluding carboxylic acids is 1. The fraction of sp³-hybridized carbons (Fsp3) is 0.172. The van der Waals surface area contributed by atoms with E-state index in [1.54, 1.807) is 32.1 Å². The first-order valence-corrected chi connectivity index (χ1v) is 11.8. The Morgan fingerprint density at radius 3 is 2.46 bits per heavy atom. The maximum atomic E-state index is 13.1. The topological polar surface area (TPSA) is 71.5 Å². The van der Waals surface area contributed by atoms with Crippen molar-refractivity contribution >= 4 is 40.1 Å². The lowest BCUT2D eigenvalue weighted by atomic mass is 10.0. The van der Waals surface area contributed by atoms with E-state index >= 15 is 0 Å². The number of hydrogen-bond acceptors (Lipinski definition) is 4. The molecule has 6 heteroatoms. The molecule has 2 N–H and O–H groups in total. The van der Waals surface area contributed by atoms with E-state index in [9.17, 15) is 9.90 Å². The number of rotatable bonds is 8. The highest BCUT2D eigenvalue weighted by atomic mass is 35.5. The Hall–Kier alpha value is -3.67. The van der Waals surface area contributed by atoms with Gasteiger partial charge in [0.05, 0.1) is 11.2 Å². The molecule has 178 valence electrons. The Morgan fingerprint density at radius 1 is 1.03 bits per heavy atom. The minimum absolute atomic E-state index is 0.331. The molecule has 0 aliphatic heterocycles. The fourth-order valence-corrected chi connectivity index (χ4v) is 3.61. The van der Waals surface area contributed by atoms with Crippen LogP contribution in [0.3, 0.4) is 0 Å². The summed E-state index contributed by atoms with van der Waals surface area (Å²) in [6, 6.07) is 26.4. The maximum absolute atomic E-state index is 13.1. The molecule has 0 saturated heterocycles. The molecule has 4 aromatic rings. The van der Waals surface area contributed by atoms with Crippen LogP contribution in [0.25, 0.3) is 22.6 Å². The number of ether oxygens (including phenoxy) is 1. The second kappa shape index (κ2) is 10.7. The number of aliphatic hydroxyl groups is 1. The number of nitrogens with zero attached hydrogens (tertiary/aromatic N) is 1. The van der Waals surface area contributed by atoms with E-state index in [0.29, 0.717) is 34.9 Å². The van der Waals surface area contributed by atoms with E-state index in [1.165, 1.54) is 0 Å². The first-order chi connectivity index (χ1) is 16.8. The van der Waals surface area contributed by atoms with Crippen LogP contribution in [0, 0.1) is 0 Å². The van der Waals surface area contributed by atoms with Crippen molar-refractivity contribution in [3.8, 4) is 5.75 Å². The molecule has 0 radical (unpaired) electrons. The molecule has 0 fully saturated rings. The molecule has 0 unspecified atom stereocenters. The summed E-state index contributed by atoms with van der Waals surface area (Å²) in [5.74, 6) is 0.288. The largest absolute Gasteiger partial charge is 0.487 e. The number of halogens is 1. The number of benzene rings is 3. The fourth-order valence-electron chi connectivity index (χ4n) is 3.48. The Balaban J connectivity index is 1.54. The van der Waals surface area contributed by atoms with Gasteiger partial charge in [-0.2, -0.15) is 0 Å². The molecular weight excluding hydrogens is 460 g/mol. The lowest BCUT2D eigenvalue weighted by Crippen LogP contribution is -2.45. The molecule has 4 rings (SSSR count). The lowest BCUT2D eigenvalue weighted by Gasteiger charge is -2.24. The minimum atomic E-state index is -1.31. The van der Waals surface area contributed by atoms with Crippen LogP contribution >= 0.6 is 11.6 Å². The number of aromatic nitrogens is 1. The molecule has 1 aromatic heterocycles. The van der Waals surface area contributed by atoms with Gasteiger partial charge in [0.15, 0.2) is 0 Å². The molecule has 35 heavy (non-hydrogen) atoms. The number of para-hydroxylation sites is 1. The van der Waals surface area contributed by atoms with Crippen LogP contribution in [0.5, 0.6) is 5.75 Å². The third-order valence-electron chi connectivity index (χ3n) is 5.71. The summed E-state index contributed by atoms with van der Waals surface area (Å²) in [6.45, 7) is 3.71. The van der Waals surface area contributed by atoms with Crippen molar-refractivity contribution in [3.63, 3.8) is 0 Å². The molecular formula is C29H27ClN2O3. The Labute approximate surface area is 210 Å². The molecule has 0 bridgehead atoms. The number of pyridine rings is 1. The summed E-state index contributed by atoms with van der Waals surface area (Å²) in [4.78, 5) is 17.7. The summed E-state index contributed by atoms with van der Waals surface area (Å²) in [7, 11) is 0. The van der Waals surface area contributed by atoms with Crippen LogP contribution in [0.1, 0.15) is 37.1 Å². The van der Waals surface area contributed by atoms with Crippen LogP contribution in [0.15, 0.2) is 84.9 Å². The van der Waals surface area contributed by atoms with Gasteiger partial charge in [-0.3, -0.25) is 4.79 Å². The van der Waals surface area contributed by atoms with Gasteiger partial charge in [-0.15, -0.1) is 0 Å². The predicted molar refractivity (Wildman–Crippen MR) is 141 cm³/mol. The molecule has 0 aliphatic carbocycles. The number of nitrogens with one attached hydrogen (secondary N) is 1. The van der Waals surface area contributed by atoms with Gasteiger partial charge in [0.1, 0.15) is 18.1 Å². The Morgan fingerprint density at radius 2 is 1.74 bits per heavy atom. The Kier molecular flexibility index (Phi) is 7.49. The van der Waals surface area contributed by atoms with Gasteiger partial charge in [0, 0.05) is 16.0 Å². The standard InChI is InChI=1S/C29H27ClN2O3/c1-3-29(2,34)32-28(33)26(18-20-8-13-23(30)14-9-20)21-11-16-25(17-12-21)35-19-24-15-10-22-6-4-5-7-27(22)31-24/h4-18,34H,3,19H2,1-2H3,(H,32,33)/t29-/m0/s1. The lowest BCUT2D eigenvalue weighted by molar-refractivity contribution is -0.122. The van der Waals surface area contributed by atoms with Crippen LogP contribution < -0.4 is 10.1 Å². The third kappa shape index (κ3) is 6.47. The van der Waals surface area contributed by atoms with Gasteiger partial charge < -0.3 is 15.2 Å². The summed E-state index contributed by atoms with van der Waals surface area (Å²) >= 11 is 6.00. The summed E-state index contributed by atoms with van der Waals surface area (Å²) in [6.07, 6.45) is 2.15. The zero-order chi connectivity index (χ0) is 24.8. The summed E-state index contributed by atoms with van der Waals surface area (Å²) < 4.78 is 5.93. The van der Waals surface area contributed by atoms with Crippen LogP contribution in [-0.2, 0) is 11.4 Å². The summed E-state index contributed by atoms with van der Waals surface area (Å²) in [5, 5.41) is 14.8. The maximum Gasteiger partial charge on any atom is 0.254 e. The molecule has 1 heterocycles. The van der Waals surface area contributed by atoms with Crippen molar-refractivity contribution in [1.29, 1.82) is 0 Å². The number of carbonyl (C=O) groups is 1. The van der Waals surface area contributed by atoms with Crippen molar-refractivity contribution in [2.45, 2.75) is 32.6 Å². The van der Waals surface area contributed by atoms with Crippen molar-refractivity contribution in [2.75, 3.05) is 0 Å². The van der Waals surface area contributed by atoms with Crippen LogP contribution in [0.2, 0.25) is 5.02 Å². The van der Waals surface area contributed by atoms with E-state index in [1.807, 2.05) is 72.8 Å². The average Bonchev–Trinajstić information content (AvgIpc) is 2.87.